The lowest BCUT2D eigenvalue weighted by atomic mass is 10.2. The van der Waals surface area contributed by atoms with E-state index in [0.29, 0.717) is 0 Å². The maximum absolute atomic E-state index is 5.35. The van der Waals surface area contributed by atoms with Gasteiger partial charge in [-0.25, -0.2) is 0 Å². The standard InChI is InChI=1S/C12H15N3O2/c1-8-13-14-12(15(8)2)10-6-5-9(16-3)7-11(10)17-4/h5-7H,1-4H3. The van der Waals surface area contributed by atoms with E-state index in [1.807, 2.05) is 36.7 Å². The maximum atomic E-state index is 5.35. The van der Waals surface area contributed by atoms with Gasteiger partial charge in [0.2, 0.25) is 0 Å². The van der Waals surface area contributed by atoms with Crippen molar-refractivity contribution >= 4 is 0 Å². The van der Waals surface area contributed by atoms with Crippen molar-refractivity contribution in [1.82, 2.24) is 14.8 Å². The third-order valence-electron chi connectivity index (χ3n) is 2.74. The molecule has 5 heteroatoms. The molecule has 0 radical (unpaired) electrons. The zero-order valence-corrected chi connectivity index (χ0v) is 10.4. The molecule has 2 rings (SSSR count). The number of hydrogen-bond acceptors (Lipinski definition) is 4. The monoisotopic (exact) mass is 233 g/mol. The topological polar surface area (TPSA) is 49.2 Å². The lowest BCUT2D eigenvalue weighted by molar-refractivity contribution is 0.395. The van der Waals surface area contributed by atoms with Gasteiger partial charge >= 0.3 is 0 Å². The molecule has 1 aromatic carbocycles. The zero-order chi connectivity index (χ0) is 12.4. The molecule has 0 spiro atoms. The van der Waals surface area contributed by atoms with E-state index in [1.54, 1.807) is 14.2 Å². The summed E-state index contributed by atoms with van der Waals surface area (Å²) in [5, 5.41) is 8.18. The average Bonchev–Trinajstić information content (AvgIpc) is 2.69. The molecular formula is C12H15N3O2. The average molecular weight is 233 g/mol. The molecule has 0 N–H and O–H groups in total. The molecule has 0 amide bonds. The predicted octanol–water partition coefficient (Wildman–Crippen LogP) is 1.81. The Hall–Kier alpha value is -2.04. The molecule has 0 aliphatic heterocycles. The van der Waals surface area contributed by atoms with Crippen LogP contribution in [0.3, 0.4) is 0 Å². The molecule has 1 heterocycles. The van der Waals surface area contributed by atoms with Crippen LogP contribution < -0.4 is 9.47 Å². The summed E-state index contributed by atoms with van der Waals surface area (Å²) >= 11 is 0. The van der Waals surface area contributed by atoms with Gasteiger partial charge in [0.15, 0.2) is 5.82 Å². The number of hydrogen-bond donors (Lipinski definition) is 0. The van der Waals surface area contributed by atoms with Crippen LogP contribution in [0.2, 0.25) is 0 Å². The van der Waals surface area contributed by atoms with Crippen LogP contribution in [-0.4, -0.2) is 29.0 Å². The number of rotatable bonds is 3. The van der Waals surface area contributed by atoms with Crippen LogP contribution in [0, 0.1) is 6.92 Å². The molecular weight excluding hydrogens is 218 g/mol. The fourth-order valence-corrected chi connectivity index (χ4v) is 1.62. The predicted molar refractivity (Wildman–Crippen MR) is 64.3 cm³/mol. The van der Waals surface area contributed by atoms with E-state index in [0.717, 1.165) is 28.7 Å². The smallest absolute Gasteiger partial charge is 0.167 e. The largest absolute Gasteiger partial charge is 0.497 e. The van der Waals surface area contributed by atoms with Gasteiger partial charge in [0.05, 0.1) is 19.8 Å². The second-order valence-corrected chi connectivity index (χ2v) is 3.70. The van der Waals surface area contributed by atoms with Crippen molar-refractivity contribution in [3.05, 3.63) is 24.0 Å². The van der Waals surface area contributed by atoms with Gasteiger partial charge in [-0.15, -0.1) is 10.2 Å². The van der Waals surface area contributed by atoms with Crippen LogP contribution in [0.5, 0.6) is 11.5 Å². The molecule has 0 unspecified atom stereocenters. The number of benzene rings is 1. The van der Waals surface area contributed by atoms with Crippen molar-refractivity contribution in [3.8, 4) is 22.9 Å². The minimum atomic E-state index is 0.722. The first kappa shape index (κ1) is 11.4. The van der Waals surface area contributed by atoms with Crippen molar-refractivity contribution in [3.63, 3.8) is 0 Å². The van der Waals surface area contributed by atoms with E-state index in [1.165, 1.54) is 0 Å². The van der Waals surface area contributed by atoms with E-state index in [9.17, 15) is 0 Å². The van der Waals surface area contributed by atoms with Gasteiger partial charge in [0, 0.05) is 13.1 Å². The van der Waals surface area contributed by atoms with Gasteiger partial charge in [-0.1, -0.05) is 0 Å². The molecule has 90 valence electrons. The van der Waals surface area contributed by atoms with E-state index in [-0.39, 0.29) is 0 Å². The van der Waals surface area contributed by atoms with Crippen molar-refractivity contribution in [2.24, 2.45) is 7.05 Å². The van der Waals surface area contributed by atoms with Gasteiger partial charge in [-0.2, -0.15) is 0 Å². The lowest BCUT2D eigenvalue weighted by Crippen LogP contribution is -1.97. The summed E-state index contributed by atoms with van der Waals surface area (Å²) < 4.78 is 12.4. The lowest BCUT2D eigenvalue weighted by Gasteiger charge is -2.09. The molecule has 0 saturated heterocycles. The third-order valence-corrected chi connectivity index (χ3v) is 2.74. The minimum absolute atomic E-state index is 0.722. The van der Waals surface area contributed by atoms with Crippen molar-refractivity contribution in [2.75, 3.05) is 14.2 Å². The van der Waals surface area contributed by atoms with Crippen molar-refractivity contribution in [1.29, 1.82) is 0 Å². The molecule has 0 fully saturated rings. The SMILES string of the molecule is COc1ccc(-c2nnc(C)n2C)c(OC)c1. The van der Waals surface area contributed by atoms with Crippen molar-refractivity contribution < 1.29 is 9.47 Å². The third kappa shape index (κ3) is 1.95. The molecule has 0 aliphatic carbocycles. The first-order valence-corrected chi connectivity index (χ1v) is 5.25. The molecule has 0 aliphatic rings. The Labute approximate surface area is 100 Å². The van der Waals surface area contributed by atoms with Crippen LogP contribution in [0.25, 0.3) is 11.4 Å². The fourth-order valence-electron chi connectivity index (χ4n) is 1.62. The molecule has 0 saturated carbocycles. The van der Waals surface area contributed by atoms with Crippen LogP contribution in [0.1, 0.15) is 5.82 Å². The van der Waals surface area contributed by atoms with Crippen LogP contribution >= 0.6 is 0 Å². The second kappa shape index (κ2) is 4.45. The van der Waals surface area contributed by atoms with Gasteiger partial charge < -0.3 is 14.0 Å². The highest BCUT2D eigenvalue weighted by Gasteiger charge is 2.13. The Kier molecular flexibility index (Phi) is 2.99. The van der Waals surface area contributed by atoms with Gasteiger partial charge in [-0.3, -0.25) is 0 Å². The fraction of sp³-hybridized carbons (Fsp3) is 0.333. The minimum Gasteiger partial charge on any atom is -0.497 e. The number of aryl methyl sites for hydroxylation is 1. The van der Waals surface area contributed by atoms with Gasteiger partial charge in [-0.05, 0) is 19.1 Å². The summed E-state index contributed by atoms with van der Waals surface area (Å²) in [5.41, 5.74) is 0.899. The van der Waals surface area contributed by atoms with Crippen LogP contribution in [0.15, 0.2) is 18.2 Å². The van der Waals surface area contributed by atoms with E-state index in [2.05, 4.69) is 10.2 Å². The summed E-state index contributed by atoms with van der Waals surface area (Å²) in [6, 6.07) is 5.63. The number of nitrogens with zero attached hydrogens (tertiary/aromatic N) is 3. The first-order chi connectivity index (χ1) is 8.17. The highest BCUT2D eigenvalue weighted by Crippen LogP contribution is 2.31. The van der Waals surface area contributed by atoms with E-state index in [4.69, 9.17) is 9.47 Å². The van der Waals surface area contributed by atoms with Crippen LogP contribution in [-0.2, 0) is 7.05 Å². The van der Waals surface area contributed by atoms with E-state index < -0.39 is 0 Å². The summed E-state index contributed by atoms with van der Waals surface area (Å²) in [5.74, 6) is 3.12. The van der Waals surface area contributed by atoms with E-state index >= 15 is 0 Å². The summed E-state index contributed by atoms with van der Waals surface area (Å²) in [6.07, 6.45) is 0. The highest BCUT2D eigenvalue weighted by atomic mass is 16.5. The summed E-state index contributed by atoms with van der Waals surface area (Å²) in [6.45, 7) is 1.91. The molecule has 1 aromatic heterocycles. The number of ether oxygens (including phenoxy) is 2. The Morgan fingerprint density at radius 2 is 1.88 bits per heavy atom. The van der Waals surface area contributed by atoms with Crippen LogP contribution in [0.4, 0.5) is 0 Å². The molecule has 2 aromatic rings. The van der Waals surface area contributed by atoms with Gasteiger partial charge in [0.1, 0.15) is 17.3 Å². The summed E-state index contributed by atoms with van der Waals surface area (Å²) in [7, 11) is 5.18. The number of aromatic nitrogens is 3. The van der Waals surface area contributed by atoms with Crippen molar-refractivity contribution in [2.45, 2.75) is 6.92 Å². The Morgan fingerprint density at radius 1 is 1.12 bits per heavy atom. The maximum Gasteiger partial charge on any atom is 0.167 e. The first-order valence-electron chi connectivity index (χ1n) is 5.25. The molecule has 17 heavy (non-hydrogen) atoms. The quantitative estimate of drug-likeness (QED) is 0.811. The number of methoxy groups -OCH3 is 2. The molecule has 0 bridgehead atoms. The Balaban J connectivity index is 2.55. The molecule has 5 nitrogen and oxygen atoms in total. The zero-order valence-electron chi connectivity index (χ0n) is 10.4. The normalized spacial score (nSPS) is 10.4. The Morgan fingerprint density at radius 3 is 2.41 bits per heavy atom. The highest BCUT2D eigenvalue weighted by molar-refractivity contribution is 5.66. The molecule has 0 atom stereocenters. The summed E-state index contributed by atoms with van der Waals surface area (Å²) in [4.78, 5) is 0. The Bertz CT molecular complexity index is 535. The van der Waals surface area contributed by atoms with Gasteiger partial charge in [0.25, 0.3) is 0 Å². The second-order valence-electron chi connectivity index (χ2n) is 3.70.